The molecule has 0 bridgehead atoms. The Morgan fingerprint density at radius 1 is 0.391 bits per heavy atom. The van der Waals surface area contributed by atoms with Crippen LogP contribution in [0.15, 0.2) is 150 Å². The zero-order chi connectivity index (χ0) is 30.6. The van der Waals surface area contributed by atoms with Crippen LogP contribution in [0.4, 0.5) is 0 Å². The van der Waals surface area contributed by atoms with Gasteiger partial charge in [0.15, 0.2) is 17.5 Å². The second kappa shape index (κ2) is 11.0. The highest BCUT2D eigenvalue weighted by molar-refractivity contribution is 9.10. The summed E-state index contributed by atoms with van der Waals surface area (Å²) in [5.41, 5.74) is 5.21. The molecule has 0 unspecified atom stereocenters. The van der Waals surface area contributed by atoms with Gasteiger partial charge in [0.25, 0.3) is 0 Å². The first-order valence-corrected chi connectivity index (χ1v) is 16.7. The van der Waals surface area contributed by atoms with Crippen LogP contribution < -0.4 is 0 Å². The van der Waals surface area contributed by atoms with E-state index < -0.39 is 0 Å². The molecule has 5 heteroatoms. The van der Waals surface area contributed by atoms with E-state index in [0.29, 0.717) is 17.5 Å². The van der Waals surface area contributed by atoms with Crippen molar-refractivity contribution in [1.82, 2.24) is 15.0 Å². The van der Waals surface area contributed by atoms with Crippen molar-refractivity contribution >= 4 is 69.0 Å². The van der Waals surface area contributed by atoms with E-state index in [1.54, 1.807) is 0 Å². The summed E-state index contributed by atoms with van der Waals surface area (Å²) in [7, 11) is 0. The molecule has 9 rings (SSSR count). The van der Waals surface area contributed by atoms with Crippen LogP contribution in [0.1, 0.15) is 0 Å². The van der Waals surface area contributed by atoms with Crippen molar-refractivity contribution in [3.05, 3.63) is 150 Å². The lowest BCUT2D eigenvalue weighted by Gasteiger charge is -2.12. The van der Waals surface area contributed by atoms with Gasteiger partial charge < -0.3 is 0 Å². The summed E-state index contributed by atoms with van der Waals surface area (Å²) < 4.78 is 3.57. The summed E-state index contributed by atoms with van der Waals surface area (Å²) in [6, 6.07) is 51.2. The standard InChI is InChI=1S/C41H24BrN3S/c42-36-21-20-34(31-9-3-4-10-32(31)36)41-44-39(27-16-13-26(14-17-27)29-18-15-25-7-1-2-8-28(25)23-29)43-40(45-41)30-19-22-38-35(24-30)33-11-5-6-12-37(33)46-38/h1-24H. The average Bonchev–Trinajstić information content (AvgIpc) is 3.50. The van der Waals surface area contributed by atoms with Gasteiger partial charge >= 0.3 is 0 Å². The van der Waals surface area contributed by atoms with Crippen LogP contribution >= 0.6 is 27.3 Å². The molecule has 0 amide bonds. The van der Waals surface area contributed by atoms with E-state index in [1.807, 2.05) is 11.3 Å². The predicted molar refractivity (Wildman–Crippen MR) is 197 cm³/mol. The van der Waals surface area contributed by atoms with Crippen molar-refractivity contribution in [3.63, 3.8) is 0 Å². The number of fused-ring (bicyclic) bond motifs is 5. The Morgan fingerprint density at radius 3 is 1.85 bits per heavy atom. The molecule has 0 spiro atoms. The summed E-state index contributed by atoms with van der Waals surface area (Å²) in [5, 5.41) is 7.15. The van der Waals surface area contributed by atoms with Crippen molar-refractivity contribution in [2.75, 3.05) is 0 Å². The lowest BCUT2D eigenvalue weighted by molar-refractivity contribution is 1.08. The largest absolute Gasteiger partial charge is 0.208 e. The van der Waals surface area contributed by atoms with Crippen LogP contribution in [0.3, 0.4) is 0 Å². The number of nitrogens with zero attached hydrogens (tertiary/aromatic N) is 3. The molecule has 0 aliphatic heterocycles. The SMILES string of the molecule is Brc1ccc(-c2nc(-c3ccc(-c4ccc5ccccc5c4)cc3)nc(-c3ccc4sc5ccccc5c4c3)n2)c2ccccc12. The number of aromatic nitrogens is 3. The summed E-state index contributed by atoms with van der Waals surface area (Å²) in [4.78, 5) is 15.3. The summed E-state index contributed by atoms with van der Waals surface area (Å²) in [6.07, 6.45) is 0. The molecule has 216 valence electrons. The fraction of sp³-hybridized carbons (Fsp3) is 0. The van der Waals surface area contributed by atoms with Crippen LogP contribution in [0.2, 0.25) is 0 Å². The third kappa shape index (κ3) is 4.67. The van der Waals surface area contributed by atoms with Crippen molar-refractivity contribution in [1.29, 1.82) is 0 Å². The molecule has 0 fully saturated rings. The number of hydrogen-bond acceptors (Lipinski definition) is 4. The molecule has 0 aliphatic rings. The van der Waals surface area contributed by atoms with Gasteiger partial charge in [0.1, 0.15) is 0 Å². The van der Waals surface area contributed by atoms with Gasteiger partial charge in [-0.25, -0.2) is 15.0 Å². The molecule has 2 heterocycles. The normalized spacial score (nSPS) is 11.6. The van der Waals surface area contributed by atoms with Gasteiger partial charge in [-0.3, -0.25) is 0 Å². The first-order chi connectivity index (χ1) is 22.7. The van der Waals surface area contributed by atoms with Crippen molar-refractivity contribution in [3.8, 4) is 45.3 Å². The van der Waals surface area contributed by atoms with Gasteiger partial charge in [-0.1, -0.05) is 119 Å². The Labute approximate surface area is 278 Å². The Morgan fingerprint density at radius 2 is 1.00 bits per heavy atom. The fourth-order valence-electron chi connectivity index (χ4n) is 6.26. The smallest absolute Gasteiger partial charge is 0.164 e. The lowest BCUT2D eigenvalue weighted by Crippen LogP contribution is -2.00. The van der Waals surface area contributed by atoms with E-state index >= 15 is 0 Å². The maximum atomic E-state index is 5.11. The predicted octanol–water partition coefficient (Wildman–Crippen LogP) is 12.0. The van der Waals surface area contributed by atoms with Gasteiger partial charge in [-0.2, -0.15) is 0 Å². The van der Waals surface area contributed by atoms with Crippen molar-refractivity contribution in [2.45, 2.75) is 0 Å². The summed E-state index contributed by atoms with van der Waals surface area (Å²) >= 11 is 5.54. The number of thiophene rings is 1. The second-order valence-corrected chi connectivity index (χ2v) is 13.3. The van der Waals surface area contributed by atoms with E-state index in [0.717, 1.165) is 37.5 Å². The van der Waals surface area contributed by atoms with Gasteiger partial charge in [0, 0.05) is 41.3 Å². The molecule has 0 radical (unpaired) electrons. The molecule has 2 aromatic heterocycles. The fourth-order valence-corrected chi connectivity index (χ4v) is 7.82. The molecular weight excluding hydrogens is 646 g/mol. The van der Waals surface area contributed by atoms with E-state index in [1.165, 1.54) is 36.5 Å². The first-order valence-electron chi connectivity index (χ1n) is 15.1. The number of rotatable bonds is 4. The van der Waals surface area contributed by atoms with Crippen LogP contribution in [-0.4, -0.2) is 15.0 Å². The number of hydrogen-bond donors (Lipinski definition) is 0. The highest BCUT2D eigenvalue weighted by Crippen LogP contribution is 2.37. The Balaban J connectivity index is 1.21. The average molecular weight is 671 g/mol. The molecule has 0 N–H and O–H groups in total. The van der Waals surface area contributed by atoms with Gasteiger partial charge in [0.2, 0.25) is 0 Å². The first kappa shape index (κ1) is 27.1. The minimum Gasteiger partial charge on any atom is -0.208 e. The summed E-state index contributed by atoms with van der Waals surface area (Å²) in [6.45, 7) is 0. The van der Waals surface area contributed by atoms with E-state index in [2.05, 4.69) is 162 Å². The quantitative estimate of drug-likeness (QED) is 0.187. The van der Waals surface area contributed by atoms with Gasteiger partial charge in [-0.05, 0) is 75.1 Å². The molecule has 3 nitrogen and oxygen atoms in total. The second-order valence-electron chi connectivity index (χ2n) is 11.4. The Hall–Kier alpha value is -5.23. The third-order valence-electron chi connectivity index (χ3n) is 8.61. The van der Waals surface area contributed by atoms with E-state index in [-0.39, 0.29) is 0 Å². The lowest BCUT2D eigenvalue weighted by atomic mass is 10.00. The highest BCUT2D eigenvalue weighted by atomic mass is 79.9. The Kier molecular flexibility index (Phi) is 6.47. The van der Waals surface area contributed by atoms with Gasteiger partial charge in [0.05, 0.1) is 0 Å². The van der Waals surface area contributed by atoms with E-state index in [9.17, 15) is 0 Å². The zero-order valence-corrected chi connectivity index (χ0v) is 26.9. The molecule has 0 aliphatic carbocycles. The molecule has 46 heavy (non-hydrogen) atoms. The maximum Gasteiger partial charge on any atom is 0.164 e. The number of benzene rings is 7. The molecule has 7 aromatic carbocycles. The van der Waals surface area contributed by atoms with Crippen LogP contribution in [-0.2, 0) is 0 Å². The van der Waals surface area contributed by atoms with E-state index in [4.69, 9.17) is 15.0 Å². The van der Waals surface area contributed by atoms with Crippen molar-refractivity contribution < 1.29 is 0 Å². The molecule has 0 saturated heterocycles. The molecule has 0 saturated carbocycles. The topological polar surface area (TPSA) is 38.7 Å². The molecule has 9 aromatic rings. The third-order valence-corrected chi connectivity index (χ3v) is 10.5. The zero-order valence-electron chi connectivity index (χ0n) is 24.5. The monoisotopic (exact) mass is 669 g/mol. The van der Waals surface area contributed by atoms with Crippen LogP contribution in [0, 0.1) is 0 Å². The van der Waals surface area contributed by atoms with Crippen LogP contribution in [0.25, 0.3) is 87.0 Å². The van der Waals surface area contributed by atoms with Crippen LogP contribution in [0.5, 0.6) is 0 Å². The van der Waals surface area contributed by atoms with Gasteiger partial charge in [-0.15, -0.1) is 11.3 Å². The number of halogens is 1. The molecular formula is C41H24BrN3S. The maximum absolute atomic E-state index is 5.11. The summed E-state index contributed by atoms with van der Waals surface area (Å²) in [5.74, 6) is 1.95. The van der Waals surface area contributed by atoms with Crippen molar-refractivity contribution in [2.24, 2.45) is 0 Å². The Bertz CT molecular complexity index is 2610. The molecule has 0 atom stereocenters. The highest BCUT2D eigenvalue weighted by Gasteiger charge is 2.16. The minimum absolute atomic E-state index is 0.646. The minimum atomic E-state index is 0.646.